The lowest BCUT2D eigenvalue weighted by Gasteiger charge is -2.03. The molecule has 0 aliphatic carbocycles. The molecule has 0 atom stereocenters. The fraction of sp³-hybridized carbons (Fsp3) is 0.385. The van der Waals surface area contributed by atoms with Gasteiger partial charge in [0, 0.05) is 6.54 Å². The second kappa shape index (κ2) is 6.06. The lowest BCUT2D eigenvalue weighted by atomic mass is 10.2. The SMILES string of the molecule is CCNc1nnc(COCc2ccc3c(c2)OCO3)s1. The van der Waals surface area contributed by atoms with Crippen LogP contribution >= 0.6 is 11.3 Å². The van der Waals surface area contributed by atoms with E-state index >= 15 is 0 Å². The molecular weight excluding hydrogens is 278 g/mol. The highest BCUT2D eigenvalue weighted by Crippen LogP contribution is 2.32. The molecule has 0 amide bonds. The second-order valence-electron chi connectivity index (χ2n) is 4.21. The zero-order valence-electron chi connectivity index (χ0n) is 11.1. The fourth-order valence-corrected chi connectivity index (χ4v) is 2.57. The third-order valence-electron chi connectivity index (χ3n) is 2.73. The number of hydrogen-bond acceptors (Lipinski definition) is 7. The van der Waals surface area contributed by atoms with Gasteiger partial charge in [0.05, 0.1) is 6.61 Å². The van der Waals surface area contributed by atoms with Gasteiger partial charge in [0.2, 0.25) is 11.9 Å². The van der Waals surface area contributed by atoms with Gasteiger partial charge in [-0.1, -0.05) is 17.4 Å². The molecule has 1 aromatic carbocycles. The Hall–Kier alpha value is -1.86. The third kappa shape index (κ3) is 3.00. The quantitative estimate of drug-likeness (QED) is 0.882. The first-order chi connectivity index (χ1) is 9.85. The van der Waals surface area contributed by atoms with Crippen LogP contribution in [0.5, 0.6) is 11.5 Å². The van der Waals surface area contributed by atoms with Crippen molar-refractivity contribution in [3.63, 3.8) is 0 Å². The van der Waals surface area contributed by atoms with E-state index in [-0.39, 0.29) is 6.79 Å². The summed E-state index contributed by atoms with van der Waals surface area (Å²) in [6.07, 6.45) is 0. The monoisotopic (exact) mass is 293 g/mol. The van der Waals surface area contributed by atoms with Gasteiger partial charge in [0.15, 0.2) is 11.5 Å². The average molecular weight is 293 g/mol. The lowest BCUT2D eigenvalue weighted by Crippen LogP contribution is -1.94. The number of nitrogens with one attached hydrogen (secondary N) is 1. The van der Waals surface area contributed by atoms with Gasteiger partial charge >= 0.3 is 0 Å². The zero-order chi connectivity index (χ0) is 13.8. The van der Waals surface area contributed by atoms with Crippen molar-refractivity contribution in [2.45, 2.75) is 20.1 Å². The van der Waals surface area contributed by atoms with Crippen LogP contribution in [-0.4, -0.2) is 23.5 Å². The van der Waals surface area contributed by atoms with Crippen LogP contribution in [0.15, 0.2) is 18.2 Å². The summed E-state index contributed by atoms with van der Waals surface area (Å²) in [5.41, 5.74) is 1.05. The molecule has 0 saturated carbocycles. The summed E-state index contributed by atoms with van der Waals surface area (Å²) >= 11 is 1.51. The van der Waals surface area contributed by atoms with Crippen molar-refractivity contribution < 1.29 is 14.2 Å². The number of fused-ring (bicyclic) bond motifs is 1. The minimum absolute atomic E-state index is 0.289. The van der Waals surface area contributed by atoms with Crippen LogP contribution in [0, 0.1) is 0 Å². The minimum Gasteiger partial charge on any atom is -0.454 e. The van der Waals surface area contributed by atoms with Crippen molar-refractivity contribution in [1.82, 2.24) is 10.2 Å². The van der Waals surface area contributed by atoms with Crippen molar-refractivity contribution >= 4 is 16.5 Å². The van der Waals surface area contributed by atoms with Gasteiger partial charge in [-0.05, 0) is 24.6 Å². The van der Waals surface area contributed by atoms with Gasteiger partial charge in [-0.15, -0.1) is 10.2 Å². The molecule has 2 heterocycles. The molecule has 0 saturated heterocycles. The molecule has 20 heavy (non-hydrogen) atoms. The molecule has 0 radical (unpaired) electrons. The molecule has 2 aromatic rings. The van der Waals surface area contributed by atoms with Gasteiger partial charge in [0.1, 0.15) is 11.6 Å². The van der Waals surface area contributed by atoms with Crippen LogP contribution in [0.2, 0.25) is 0 Å². The Labute approximate surface area is 120 Å². The molecule has 7 heteroatoms. The normalized spacial score (nSPS) is 12.7. The summed E-state index contributed by atoms with van der Waals surface area (Å²) in [6.45, 7) is 4.12. The molecule has 106 valence electrons. The Morgan fingerprint density at radius 1 is 1.25 bits per heavy atom. The number of nitrogens with zero attached hydrogens (tertiary/aromatic N) is 2. The van der Waals surface area contributed by atoms with E-state index in [1.165, 1.54) is 11.3 Å². The van der Waals surface area contributed by atoms with Crippen molar-refractivity contribution in [2.75, 3.05) is 18.7 Å². The topological polar surface area (TPSA) is 65.5 Å². The highest BCUT2D eigenvalue weighted by Gasteiger charge is 2.13. The fourth-order valence-electron chi connectivity index (χ4n) is 1.82. The number of benzene rings is 1. The predicted octanol–water partition coefficient (Wildman–Crippen LogP) is 2.42. The zero-order valence-corrected chi connectivity index (χ0v) is 11.9. The average Bonchev–Trinajstić information content (AvgIpc) is 3.08. The summed E-state index contributed by atoms with van der Waals surface area (Å²) in [7, 11) is 0. The highest BCUT2D eigenvalue weighted by molar-refractivity contribution is 7.15. The second-order valence-corrected chi connectivity index (χ2v) is 5.27. The molecule has 0 unspecified atom stereocenters. The number of aromatic nitrogens is 2. The van der Waals surface area contributed by atoms with E-state index in [9.17, 15) is 0 Å². The molecule has 1 aliphatic heterocycles. The maximum Gasteiger partial charge on any atom is 0.231 e. The largest absolute Gasteiger partial charge is 0.454 e. The van der Waals surface area contributed by atoms with Crippen LogP contribution in [0.4, 0.5) is 5.13 Å². The molecule has 0 bridgehead atoms. The van der Waals surface area contributed by atoms with Gasteiger partial charge in [0.25, 0.3) is 0 Å². The van der Waals surface area contributed by atoms with Crippen LogP contribution < -0.4 is 14.8 Å². The smallest absolute Gasteiger partial charge is 0.231 e. The van der Waals surface area contributed by atoms with E-state index in [0.29, 0.717) is 13.2 Å². The third-order valence-corrected chi connectivity index (χ3v) is 3.58. The van der Waals surface area contributed by atoms with Crippen molar-refractivity contribution in [1.29, 1.82) is 0 Å². The molecule has 6 nitrogen and oxygen atoms in total. The van der Waals surface area contributed by atoms with Crippen LogP contribution in [0.1, 0.15) is 17.5 Å². The van der Waals surface area contributed by atoms with E-state index in [4.69, 9.17) is 14.2 Å². The molecule has 0 fully saturated rings. The first kappa shape index (κ1) is 13.1. The standard InChI is InChI=1S/C13H15N3O3S/c1-2-14-13-16-15-12(20-13)7-17-6-9-3-4-10-11(5-9)19-8-18-10/h3-5H,2,6-8H2,1H3,(H,14,16). The molecule has 3 rings (SSSR count). The Morgan fingerprint density at radius 2 is 2.15 bits per heavy atom. The Bertz CT molecular complexity index is 588. The van der Waals surface area contributed by atoms with Gasteiger partial charge in [-0.3, -0.25) is 0 Å². The molecule has 1 aliphatic rings. The molecule has 0 spiro atoms. The van der Waals surface area contributed by atoms with Crippen molar-refractivity contribution in [3.8, 4) is 11.5 Å². The summed E-state index contributed by atoms with van der Waals surface area (Å²) in [5.74, 6) is 1.56. The van der Waals surface area contributed by atoms with E-state index in [1.54, 1.807) is 0 Å². The van der Waals surface area contributed by atoms with Gasteiger partial charge in [-0.2, -0.15) is 0 Å². The highest BCUT2D eigenvalue weighted by atomic mass is 32.1. The van der Waals surface area contributed by atoms with Crippen molar-refractivity contribution in [2.24, 2.45) is 0 Å². The Morgan fingerprint density at radius 3 is 3.05 bits per heavy atom. The minimum atomic E-state index is 0.289. The van der Waals surface area contributed by atoms with Gasteiger partial charge in [-0.25, -0.2) is 0 Å². The van der Waals surface area contributed by atoms with Crippen LogP contribution in [0.3, 0.4) is 0 Å². The van der Waals surface area contributed by atoms with E-state index < -0.39 is 0 Å². The summed E-state index contributed by atoms with van der Waals surface area (Å²) < 4.78 is 16.2. The summed E-state index contributed by atoms with van der Waals surface area (Å²) in [4.78, 5) is 0. The molecular formula is C13H15N3O3S. The maximum atomic E-state index is 5.64. The Balaban J connectivity index is 1.51. The Kier molecular flexibility index (Phi) is 3.98. The van der Waals surface area contributed by atoms with E-state index in [1.807, 2.05) is 25.1 Å². The van der Waals surface area contributed by atoms with E-state index in [0.717, 1.165) is 33.7 Å². The van der Waals surface area contributed by atoms with E-state index in [2.05, 4.69) is 15.5 Å². The lowest BCUT2D eigenvalue weighted by molar-refractivity contribution is 0.106. The summed E-state index contributed by atoms with van der Waals surface area (Å²) in [5, 5.41) is 12.9. The van der Waals surface area contributed by atoms with Crippen LogP contribution in [0.25, 0.3) is 0 Å². The van der Waals surface area contributed by atoms with Crippen molar-refractivity contribution in [3.05, 3.63) is 28.8 Å². The number of hydrogen-bond donors (Lipinski definition) is 1. The first-order valence-electron chi connectivity index (χ1n) is 6.37. The first-order valence-corrected chi connectivity index (χ1v) is 7.19. The van der Waals surface area contributed by atoms with Gasteiger partial charge < -0.3 is 19.5 Å². The maximum absolute atomic E-state index is 5.64. The summed E-state index contributed by atoms with van der Waals surface area (Å²) in [6, 6.07) is 5.80. The predicted molar refractivity (Wildman–Crippen MR) is 75.1 cm³/mol. The number of rotatable bonds is 6. The molecule has 1 aromatic heterocycles. The number of ether oxygens (including phenoxy) is 3. The van der Waals surface area contributed by atoms with Crippen LogP contribution in [-0.2, 0) is 18.0 Å². The number of anilines is 1. The molecule has 1 N–H and O–H groups in total.